The lowest BCUT2D eigenvalue weighted by molar-refractivity contribution is 0.489. The van der Waals surface area contributed by atoms with Crippen molar-refractivity contribution >= 4 is 94.0 Å². The van der Waals surface area contributed by atoms with E-state index in [9.17, 15) is 17.6 Å². The molecule has 31 nitrogen and oxygen atoms in total. The number of nitrogens with one attached hydrogen (secondary N) is 10. The number of anilines is 1. The molecular formula is C102H77F4N31. The molecule has 4 aromatic carbocycles. The summed E-state index contributed by atoms with van der Waals surface area (Å²) in [4.78, 5) is 85.1. The molecule has 0 unspecified atom stereocenters. The zero-order valence-electron chi connectivity index (χ0n) is 72.7. The summed E-state index contributed by atoms with van der Waals surface area (Å²) >= 11 is 0. The summed E-state index contributed by atoms with van der Waals surface area (Å²) in [6.45, 7) is 5.58. The number of H-pyrrole nitrogens is 8. The third kappa shape index (κ3) is 17.5. The van der Waals surface area contributed by atoms with Gasteiger partial charge in [0.05, 0.1) is 96.2 Å². The van der Waals surface area contributed by atoms with Crippen molar-refractivity contribution in [3.63, 3.8) is 0 Å². The fraction of sp³-hybridized carbons (Fsp3) is 0.0980. The Hall–Kier alpha value is -18.1. The van der Waals surface area contributed by atoms with Crippen molar-refractivity contribution in [3.05, 3.63) is 310 Å². The molecule has 20 heterocycles. The topological polar surface area (TPSA) is 434 Å². The molecule has 0 atom stereocenters. The number of aromatic amines is 8. The van der Waals surface area contributed by atoms with Gasteiger partial charge in [-0.1, -0.05) is 74.4 Å². The van der Waals surface area contributed by atoms with Gasteiger partial charge in [0, 0.05) is 179 Å². The summed E-state index contributed by atoms with van der Waals surface area (Å²) in [5.74, 6) is 2.05. The smallest absolute Gasteiger partial charge is 0.181 e. The van der Waals surface area contributed by atoms with Crippen LogP contribution in [0.4, 0.5) is 23.2 Å². The Balaban J connectivity index is 0.000000106. The van der Waals surface area contributed by atoms with Gasteiger partial charge in [-0.2, -0.15) is 20.4 Å². The number of hydrogen-bond acceptors (Lipinski definition) is 23. The number of halogens is 4. The van der Waals surface area contributed by atoms with Gasteiger partial charge in [0.15, 0.2) is 45.9 Å². The molecule has 0 amide bonds. The van der Waals surface area contributed by atoms with E-state index in [4.69, 9.17) is 25.7 Å². The van der Waals surface area contributed by atoms with Crippen molar-refractivity contribution in [2.24, 2.45) is 5.92 Å². The minimum atomic E-state index is -0.308. The second kappa shape index (κ2) is 36.9. The summed E-state index contributed by atoms with van der Waals surface area (Å²) in [5, 5.41) is 39.9. The maximum Gasteiger partial charge on any atom is 0.181 e. The number of rotatable bonds is 19. The first-order valence-corrected chi connectivity index (χ1v) is 44.0. The van der Waals surface area contributed by atoms with E-state index in [1.54, 1.807) is 129 Å². The van der Waals surface area contributed by atoms with E-state index < -0.39 is 0 Å². The standard InChI is InChI=1S/C30H27FN8.C26H21FN8.C23H15FN8.C23H14FN7/c31-23-7-3-6-20(9-23)25-16-34-17-26-27(25)37-30(36-26)28-24-10-22(15-35-29(24)39-38-28)21-8-19(13-33-14-21)12-32-11-18-4-1-2-5-18;1-2-28-9-15-6-17(11-29-10-15)18-8-20-24(34-35-25(20)31-12-18)26-32-22-14-30-13-21(23(22)33-26)16-4-3-5-19(27)7-16;24-15-3-1-12(2-4-15)18-10-27-11-19-20(18)30-23(29-19)21-17-6-14(8-28-22(17)32-31-21)13-5-16(25)9-26-7-13;24-16-5-3-13(4-6-16)18-11-26-12-19-20(18)29-23(28-19)21-17-8-15(10-27-22(17)31-30-21)14-2-1-7-25-9-14/h3,6-10,13-18,32H,1-2,4-5,11-12H2,(H,36,37)(H,35,38,39);3-8,10-14,28H,2,9H2,1H3,(H,32,33)(H,31,34,35);1-11H,25H2,(H,29,30)(H,28,31,32);1-12H,(H,28,29)(H,27,30,31). The molecule has 0 saturated heterocycles. The van der Waals surface area contributed by atoms with E-state index in [0.29, 0.717) is 79.6 Å². The van der Waals surface area contributed by atoms with Crippen molar-refractivity contribution in [2.45, 2.75) is 45.7 Å². The number of imidazole rings is 4. The number of nitrogens with two attached hydrogens (primary N) is 1. The molecular weight excluding hydrogens is 1740 g/mol. The Morgan fingerprint density at radius 1 is 0.314 bits per heavy atom. The summed E-state index contributed by atoms with van der Waals surface area (Å²) in [6.07, 6.45) is 40.5. The number of aromatic nitrogens is 28. The lowest BCUT2D eigenvalue weighted by atomic mass is 10.1. The number of nitrogens with zero attached hydrogens (tertiary/aromatic N) is 20. The summed E-state index contributed by atoms with van der Waals surface area (Å²) in [7, 11) is 0. The van der Waals surface area contributed by atoms with Crippen LogP contribution in [0.3, 0.4) is 0 Å². The molecule has 0 radical (unpaired) electrons. The highest BCUT2D eigenvalue weighted by atomic mass is 19.1. The van der Waals surface area contributed by atoms with E-state index in [1.165, 1.54) is 74.2 Å². The van der Waals surface area contributed by atoms with Gasteiger partial charge in [0.2, 0.25) is 0 Å². The Morgan fingerprint density at radius 2 is 0.657 bits per heavy atom. The minimum absolute atomic E-state index is 0.285. The van der Waals surface area contributed by atoms with Gasteiger partial charge in [-0.25, -0.2) is 57.4 Å². The first-order chi connectivity index (χ1) is 67.3. The zero-order chi connectivity index (χ0) is 92.4. The van der Waals surface area contributed by atoms with E-state index >= 15 is 0 Å². The predicted octanol–water partition coefficient (Wildman–Crippen LogP) is 20.0. The molecule has 25 rings (SSSR count). The van der Waals surface area contributed by atoms with E-state index in [2.05, 4.69) is 156 Å². The van der Waals surface area contributed by atoms with Crippen molar-refractivity contribution in [1.82, 2.24) is 151 Å². The first kappa shape index (κ1) is 84.4. The van der Waals surface area contributed by atoms with Crippen LogP contribution in [0.1, 0.15) is 43.7 Å². The van der Waals surface area contributed by atoms with Gasteiger partial charge in [0.1, 0.15) is 46.0 Å². The normalized spacial score (nSPS) is 12.2. The maximum absolute atomic E-state index is 13.9. The van der Waals surface area contributed by atoms with Crippen LogP contribution in [0.5, 0.6) is 0 Å². The van der Waals surface area contributed by atoms with E-state index in [1.807, 2.05) is 79.5 Å². The Morgan fingerprint density at radius 3 is 1.03 bits per heavy atom. The third-order valence-electron chi connectivity index (χ3n) is 23.9. The summed E-state index contributed by atoms with van der Waals surface area (Å²) < 4.78 is 54.5. The van der Waals surface area contributed by atoms with Crippen LogP contribution in [-0.2, 0) is 13.1 Å². The number of hydrogen-bond donors (Lipinski definition) is 11. The van der Waals surface area contributed by atoms with Crippen LogP contribution in [-0.4, -0.2) is 154 Å². The SMILES string of the molecule is CCNCc1cncc(-c2cnc3n[nH]c(-c4nc5c(-c6cccc(F)c6)cncc5[nH]4)c3c2)c1.Fc1ccc(-c2cncc3[nH]c(-c4[nH]nc5ncc(-c6cccnc6)cc45)nc23)cc1.Fc1cccc(-c2cncc3[nH]c(-c4[nH]nc5ncc(-c6cncc(CNCC7CCCC7)c6)cc45)nc23)c1.Nc1cncc(-c2cnc3n[nH]c(-c4nc5c(-c6ccc(F)cc6)cncc5[nH]4)c3c2)c1. The fourth-order valence-electron chi connectivity index (χ4n) is 17.1. The number of nitrogen functional groups attached to an aromatic ring is 1. The minimum Gasteiger partial charge on any atom is -0.397 e. The van der Waals surface area contributed by atoms with Gasteiger partial charge in [-0.15, -0.1) is 0 Å². The average Bonchev–Trinajstić information content (AvgIpc) is 1.63. The molecule has 0 bridgehead atoms. The van der Waals surface area contributed by atoms with Crippen LogP contribution in [0.2, 0.25) is 0 Å². The molecule has 668 valence electrons. The highest BCUT2D eigenvalue weighted by Gasteiger charge is 2.25. The summed E-state index contributed by atoms with van der Waals surface area (Å²) in [5.41, 5.74) is 33.6. The molecule has 20 aromatic heterocycles. The molecule has 137 heavy (non-hydrogen) atoms. The molecule has 0 aliphatic heterocycles. The quantitative estimate of drug-likeness (QED) is 0.0335. The lowest BCUT2D eigenvalue weighted by Crippen LogP contribution is -2.20. The maximum atomic E-state index is 13.9. The Labute approximate surface area is 773 Å². The van der Waals surface area contributed by atoms with E-state index in [-0.39, 0.29) is 23.3 Å². The molecule has 1 saturated carbocycles. The van der Waals surface area contributed by atoms with Crippen molar-refractivity contribution in [2.75, 3.05) is 18.8 Å². The zero-order valence-corrected chi connectivity index (χ0v) is 72.7. The predicted molar refractivity (Wildman–Crippen MR) is 517 cm³/mol. The molecule has 35 heteroatoms. The summed E-state index contributed by atoms with van der Waals surface area (Å²) in [6, 6.07) is 43.5. The molecule has 12 N–H and O–H groups in total. The van der Waals surface area contributed by atoms with Crippen molar-refractivity contribution in [1.29, 1.82) is 0 Å². The van der Waals surface area contributed by atoms with Crippen LogP contribution < -0.4 is 16.4 Å². The molecule has 0 spiro atoms. The Bertz CT molecular complexity index is 8570. The van der Waals surface area contributed by atoms with Gasteiger partial charge in [-0.3, -0.25) is 60.3 Å². The molecule has 1 fully saturated rings. The molecule has 1 aliphatic rings. The largest absolute Gasteiger partial charge is 0.397 e. The van der Waals surface area contributed by atoms with Gasteiger partial charge < -0.3 is 36.3 Å². The van der Waals surface area contributed by atoms with Gasteiger partial charge >= 0.3 is 0 Å². The second-order valence-corrected chi connectivity index (χ2v) is 33.0. The van der Waals surface area contributed by atoms with Crippen LogP contribution >= 0.6 is 0 Å². The second-order valence-electron chi connectivity index (χ2n) is 33.0. The average molecular weight is 1810 g/mol. The number of benzene rings is 4. The van der Waals surface area contributed by atoms with Crippen LogP contribution in [0, 0.1) is 29.2 Å². The first-order valence-electron chi connectivity index (χ1n) is 44.0. The molecule has 24 aromatic rings. The lowest BCUT2D eigenvalue weighted by Gasteiger charge is -2.11. The van der Waals surface area contributed by atoms with Gasteiger partial charge in [-0.05, 0) is 162 Å². The van der Waals surface area contributed by atoms with E-state index in [0.717, 1.165) is 193 Å². The monoisotopic (exact) mass is 1810 g/mol. The van der Waals surface area contributed by atoms with Crippen molar-refractivity contribution < 1.29 is 17.6 Å². The highest BCUT2D eigenvalue weighted by Crippen LogP contribution is 2.40. The third-order valence-corrected chi connectivity index (χ3v) is 23.9. The van der Waals surface area contributed by atoms with Gasteiger partial charge in [0.25, 0.3) is 0 Å². The number of fused-ring (bicyclic) bond motifs is 8. The fourth-order valence-corrected chi connectivity index (χ4v) is 17.1. The van der Waals surface area contributed by atoms with Crippen LogP contribution in [0.15, 0.2) is 276 Å². The van der Waals surface area contributed by atoms with Crippen molar-refractivity contribution in [3.8, 4) is 135 Å². The Kier molecular flexibility index (Phi) is 22.7. The highest BCUT2D eigenvalue weighted by molar-refractivity contribution is 6.02. The molecule has 1 aliphatic carbocycles. The number of pyridine rings is 12. The van der Waals surface area contributed by atoms with Crippen LogP contribution in [0.25, 0.3) is 223 Å².